The number of aromatic nitrogens is 2. The topological polar surface area (TPSA) is 69.3 Å². The molecule has 0 radical (unpaired) electrons. The molecule has 1 N–H and O–H groups in total. The summed E-state index contributed by atoms with van der Waals surface area (Å²) < 4.78 is 0. The van der Waals surface area contributed by atoms with E-state index in [1.165, 1.54) is 0 Å². The SMILES string of the molecule is CN(C)c1nc(C2CCN(C(=O)C(C)(C)C)C2)cc(=O)[nH]1. The number of amides is 1. The number of likely N-dealkylation sites (tertiary alicyclic amines) is 1. The van der Waals surface area contributed by atoms with Crippen molar-refractivity contribution in [1.82, 2.24) is 14.9 Å². The smallest absolute Gasteiger partial charge is 0.252 e. The lowest BCUT2D eigenvalue weighted by molar-refractivity contribution is -0.138. The third kappa shape index (κ3) is 3.43. The van der Waals surface area contributed by atoms with Gasteiger partial charge in [-0.25, -0.2) is 4.98 Å². The van der Waals surface area contributed by atoms with Crippen LogP contribution in [-0.2, 0) is 4.79 Å². The molecule has 0 aromatic carbocycles. The number of nitrogens with zero attached hydrogens (tertiary/aromatic N) is 3. The van der Waals surface area contributed by atoms with Crippen molar-refractivity contribution >= 4 is 11.9 Å². The van der Waals surface area contributed by atoms with E-state index in [2.05, 4.69) is 9.97 Å². The van der Waals surface area contributed by atoms with Crippen LogP contribution in [0.5, 0.6) is 0 Å². The first-order valence-electron chi connectivity index (χ1n) is 7.26. The monoisotopic (exact) mass is 292 g/mol. The van der Waals surface area contributed by atoms with E-state index in [1.807, 2.05) is 39.8 Å². The largest absolute Gasteiger partial charge is 0.348 e. The minimum absolute atomic E-state index is 0.136. The van der Waals surface area contributed by atoms with Gasteiger partial charge < -0.3 is 9.80 Å². The summed E-state index contributed by atoms with van der Waals surface area (Å²) >= 11 is 0. The molecule has 1 saturated heterocycles. The zero-order chi connectivity index (χ0) is 15.8. The quantitative estimate of drug-likeness (QED) is 0.889. The molecule has 2 heterocycles. The van der Waals surface area contributed by atoms with Gasteiger partial charge >= 0.3 is 0 Å². The van der Waals surface area contributed by atoms with Gasteiger partial charge in [0.05, 0.1) is 5.69 Å². The fourth-order valence-electron chi connectivity index (χ4n) is 2.54. The molecule has 1 unspecified atom stereocenters. The molecule has 116 valence electrons. The number of aromatic amines is 1. The molecular formula is C15H24N4O2. The summed E-state index contributed by atoms with van der Waals surface area (Å²) in [7, 11) is 3.68. The Labute approximate surface area is 125 Å². The third-order valence-corrected chi connectivity index (χ3v) is 3.71. The van der Waals surface area contributed by atoms with Crippen LogP contribution in [0, 0.1) is 5.41 Å². The first-order chi connectivity index (χ1) is 9.68. The second-order valence-corrected chi connectivity index (χ2v) is 6.88. The standard InChI is InChI=1S/C15H24N4O2/c1-15(2,3)13(21)19-7-6-10(9-19)11-8-12(20)17-14(16-11)18(4)5/h8,10H,6-7,9H2,1-5H3,(H,16,17,20). The summed E-state index contributed by atoms with van der Waals surface area (Å²) in [5, 5.41) is 0. The molecule has 0 aliphatic carbocycles. The molecule has 6 nitrogen and oxygen atoms in total. The molecule has 1 aromatic heterocycles. The van der Waals surface area contributed by atoms with Crippen molar-refractivity contribution in [3.05, 3.63) is 22.1 Å². The Bertz CT molecular complexity index is 586. The number of nitrogens with one attached hydrogen (secondary N) is 1. The molecule has 1 aliphatic heterocycles. The van der Waals surface area contributed by atoms with Crippen LogP contribution in [0.3, 0.4) is 0 Å². The maximum absolute atomic E-state index is 12.3. The number of H-pyrrole nitrogens is 1. The number of carbonyl (C=O) groups excluding carboxylic acids is 1. The lowest BCUT2D eigenvalue weighted by Gasteiger charge is -2.25. The van der Waals surface area contributed by atoms with E-state index in [0.29, 0.717) is 12.5 Å². The Hall–Kier alpha value is -1.85. The highest BCUT2D eigenvalue weighted by Crippen LogP contribution is 2.29. The van der Waals surface area contributed by atoms with Gasteiger partial charge in [0.15, 0.2) is 0 Å². The molecule has 1 fully saturated rings. The van der Waals surface area contributed by atoms with Gasteiger partial charge in [-0.1, -0.05) is 20.8 Å². The molecule has 6 heteroatoms. The van der Waals surface area contributed by atoms with Crippen LogP contribution in [0.2, 0.25) is 0 Å². The van der Waals surface area contributed by atoms with E-state index in [-0.39, 0.29) is 22.8 Å². The predicted octanol–water partition coefficient (Wildman–Crippen LogP) is 1.20. The summed E-state index contributed by atoms with van der Waals surface area (Å²) in [5.41, 5.74) is 0.251. The summed E-state index contributed by atoms with van der Waals surface area (Å²) in [6.45, 7) is 7.15. The minimum atomic E-state index is -0.370. The number of carbonyl (C=O) groups is 1. The fraction of sp³-hybridized carbons (Fsp3) is 0.667. The average Bonchev–Trinajstić information content (AvgIpc) is 2.85. The predicted molar refractivity (Wildman–Crippen MR) is 82.6 cm³/mol. The molecule has 0 bridgehead atoms. The van der Waals surface area contributed by atoms with Gasteiger partial charge in [-0.05, 0) is 6.42 Å². The molecule has 1 aliphatic rings. The zero-order valence-corrected chi connectivity index (χ0v) is 13.4. The van der Waals surface area contributed by atoms with E-state index < -0.39 is 0 Å². The second kappa shape index (κ2) is 5.50. The Kier molecular flexibility index (Phi) is 4.07. The molecule has 1 atom stereocenters. The second-order valence-electron chi connectivity index (χ2n) is 6.88. The summed E-state index contributed by atoms with van der Waals surface area (Å²) in [4.78, 5) is 34.9. The Balaban J connectivity index is 2.19. The van der Waals surface area contributed by atoms with Crippen LogP contribution in [0.1, 0.15) is 38.8 Å². The molecule has 0 saturated carbocycles. The molecule has 21 heavy (non-hydrogen) atoms. The molecule has 2 rings (SSSR count). The summed E-state index contributed by atoms with van der Waals surface area (Å²) in [5.74, 6) is 0.845. The number of rotatable bonds is 2. The highest BCUT2D eigenvalue weighted by molar-refractivity contribution is 5.81. The van der Waals surface area contributed by atoms with Crippen molar-refractivity contribution in [1.29, 1.82) is 0 Å². The molecule has 1 amide bonds. The van der Waals surface area contributed by atoms with E-state index in [4.69, 9.17) is 0 Å². The first-order valence-corrected chi connectivity index (χ1v) is 7.26. The average molecular weight is 292 g/mol. The minimum Gasteiger partial charge on any atom is -0.348 e. The van der Waals surface area contributed by atoms with Crippen molar-refractivity contribution in [2.75, 3.05) is 32.1 Å². The Morgan fingerprint density at radius 1 is 1.43 bits per heavy atom. The summed E-state index contributed by atoms with van der Waals surface area (Å²) in [6.07, 6.45) is 0.852. The van der Waals surface area contributed by atoms with Gasteiger partial charge in [0.25, 0.3) is 5.56 Å². The zero-order valence-electron chi connectivity index (χ0n) is 13.4. The fourth-order valence-corrected chi connectivity index (χ4v) is 2.54. The van der Waals surface area contributed by atoms with Gasteiger partial charge in [0, 0.05) is 44.6 Å². The van der Waals surface area contributed by atoms with Crippen LogP contribution < -0.4 is 10.5 Å². The van der Waals surface area contributed by atoms with E-state index in [1.54, 1.807) is 11.0 Å². The van der Waals surface area contributed by atoms with Crippen LogP contribution in [-0.4, -0.2) is 48.0 Å². The Morgan fingerprint density at radius 2 is 2.10 bits per heavy atom. The highest BCUT2D eigenvalue weighted by atomic mass is 16.2. The molecule has 1 aromatic rings. The summed E-state index contributed by atoms with van der Waals surface area (Å²) in [6, 6.07) is 1.54. The van der Waals surface area contributed by atoms with Gasteiger partial charge in [0.1, 0.15) is 0 Å². The van der Waals surface area contributed by atoms with Crippen molar-refractivity contribution in [3.8, 4) is 0 Å². The maximum Gasteiger partial charge on any atom is 0.252 e. The van der Waals surface area contributed by atoms with E-state index in [9.17, 15) is 9.59 Å². The van der Waals surface area contributed by atoms with Gasteiger partial charge in [-0.2, -0.15) is 0 Å². The van der Waals surface area contributed by atoms with Crippen LogP contribution in [0.15, 0.2) is 10.9 Å². The lowest BCUT2D eigenvalue weighted by atomic mass is 9.95. The van der Waals surface area contributed by atoms with Crippen LogP contribution in [0.25, 0.3) is 0 Å². The van der Waals surface area contributed by atoms with Crippen molar-refractivity contribution in [2.45, 2.75) is 33.1 Å². The van der Waals surface area contributed by atoms with Gasteiger partial charge in [0.2, 0.25) is 11.9 Å². The van der Waals surface area contributed by atoms with Crippen molar-refractivity contribution in [3.63, 3.8) is 0 Å². The van der Waals surface area contributed by atoms with Gasteiger partial charge in [-0.15, -0.1) is 0 Å². The van der Waals surface area contributed by atoms with Gasteiger partial charge in [-0.3, -0.25) is 14.6 Å². The Morgan fingerprint density at radius 3 is 2.67 bits per heavy atom. The molecule has 0 spiro atoms. The lowest BCUT2D eigenvalue weighted by Crippen LogP contribution is -2.37. The van der Waals surface area contributed by atoms with Crippen molar-refractivity contribution in [2.24, 2.45) is 5.41 Å². The molecular weight excluding hydrogens is 268 g/mol. The highest BCUT2D eigenvalue weighted by Gasteiger charge is 2.34. The van der Waals surface area contributed by atoms with Crippen LogP contribution >= 0.6 is 0 Å². The van der Waals surface area contributed by atoms with Crippen molar-refractivity contribution < 1.29 is 4.79 Å². The first kappa shape index (κ1) is 15.5. The third-order valence-electron chi connectivity index (χ3n) is 3.71. The van der Waals surface area contributed by atoms with Crippen LogP contribution in [0.4, 0.5) is 5.95 Å². The van der Waals surface area contributed by atoms with E-state index in [0.717, 1.165) is 18.7 Å². The number of anilines is 1. The van der Waals surface area contributed by atoms with E-state index >= 15 is 0 Å². The maximum atomic E-state index is 12.3. The number of hydrogen-bond acceptors (Lipinski definition) is 4. The number of hydrogen-bond donors (Lipinski definition) is 1. The normalized spacial score (nSPS) is 18.9.